The Morgan fingerprint density at radius 2 is 1.00 bits per heavy atom. The normalized spacial score (nSPS) is 7.69. The Hall–Kier alpha value is -1.04. The quantitative estimate of drug-likeness (QED) is 0.392. The lowest BCUT2D eigenvalue weighted by atomic mass is 10.2. The molecular formula is C13H22. The van der Waals surface area contributed by atoms with E-state index in [1.165, 1.54) is 12.8 Å². The Kier molecular flexibility index (Phi) is 19.1. The molecule has 0 aliphatic heterocycles. The van der Waals surface area contributed by atoms with Gasteiger partial charge in [0.25, 0.3) is 0 Å². The first-order valence-electron chi connectivity index (χ1n) is 4.77. The molecule has 0 atom stereocenters. The van der Waals surface area contributed by atoms with E-state index < -0.39 is 0 Å². The van der Waals surface area contributed by atoms with Crippen molar-refractivity contribution in [1.82, 2.24) is 0 Å². The number of hydrogen-bond donors (Lipinski definition) is 0. The van der Waals surface area contributed by atoms with Crippen molar-refractivity contribution in [2.45, 2.75) is 32.1 Å². The standard InChI is InChI=1S/C8H14.C5H8/c1-3-5-7-8-6-4-2;1-3-5-4-2/h3-4H,1-2,5-8H2;3-4H,1-2,5H2. The van der Waals surface area contributed by atoms with E-state index in [2.05, 4.69) is 26.3 Å². The third-order valence-corrected chi connectivity index (χ3v) is 1.40. The van der Waals surface area contributed by atoms with Crippen molar-refractivity contribution in [3.8, 4) is 0 Å². The molecule has 0 heteroatoms. The van der Waals surface area contributed by atoms with Gasteiger partial charge in [-0.2, -0.15) is 0 Å². The van der Waals surface area contributed by atoms with E-state index in [9.17, 15) is 0 Å². The van der Waals surface area contributed by atoms with Gasteiger partial charge in [0.2, 0.25) is 0 Å². The van der Waals surface area contributed by atoms with E-state index in [-0.39, 0.29) is 0 Å². The maximum Gasteiger partial charge on any atom is -0.0175 e. The van der Waals surface area contributed by atoms with Crippen molar-refractivity contribution in [1.29, 1.82) is 0 Å². The highest BCUT2D eigenvalue weighted by molar-refractivity contribution is 4.79. The maximum atomic E-state index is 3.63. The Morgan fingerprint density at radius 1 is 0.615 bits per heavy atom. The highest BCUT2D eigenvalue weighted by atomic mass is 13.9. The zero-order chi connectivity index (χ0) is 10.4. The Balaban J connectivity index is 0. The monoisotopic (exact) mass is 178 g/mol. The van der Waals surface area contributed by atoms with Crippen LogP contribution >= 0.6 is 0 Å². The lowest BCUT2D eigenvalue weighted by Gasteiger charge is -1.89. The molecule has 0 saturated heterocycles. The van der Waals surface area contributed by atoms with E-state index in [4.69, 9.17) is 0 Å². The van der Waals surface area contributed by atoms with E-state index in [1.54, 1.807) is 0 Å². The van der Waals surface area contributed by atoms with Gasteiger partial charge in [0.15, 0.2) is 0 Å². The molecular weight excluding hydrogens is 156 g/mol. The Morgan fingerprint density at radius 3 is 1.15 bits per heavy atom. The van der Waals surface area contributed by atoms with Crippen LogP contribution < -0.4 is 0 Å². The first kappa shape index (κ1) is 14.5. The number of hydrogen-bond acceptors (Lipinski definition) is 0. The minimum atomic E-state index is 0.917. The fourth-order valence-electron chi connectivity index (χ4n) is 0.695. The van der Waals surface area contributed by atoms with Crippen molar-refractivity contribution in [2.75, 3.05) is 0 Å². The lowest BCUT2D eigenvalue weighted by molar-refractivity contribution is 0.764. The summed E-state index contributed by atoms with van der Waals surface area (Å²) in [7, 11) is 0. The third-order valence-electron chi connectivity index (χ3n) is 1.40. The average molecular weight is 178 g/mol. The molecule has 0 N–H and O–H groups in total. The molecule has 0 rings (SSSR count). The van der Waals surface area contributed by atoms with E-state index >= 15 is 0 Å². The molecule has 0 aromatic carbocycles. The molecule has 0 amide bonds. The van der Waals surface area contributed by atoms with Crippen LogP contribution in [0.5, 0.6) is 0 Å². The molecule has 0 aliphatic rings. The minimum Gasteiger partial charge on any atom is -0.103 e. The number of unbranched alkanes of at least 4 members (excludes halogenated alkanes) is 3. The summed E-state index contributed by atoms with van der Waals surface area (Å²) in [6, 6.07) is 0. The predicted octanol–water partition coefficient (Wildman–Crippen LogP) is 4.67. The van der Waals surface area contributed by atoms with Gasteiger partial charge in [0, 0.05) is 0 Å². The van der Waals surface area contributed by atoms with Crippen molar-refractivity contribution >= 4 is 0 Å². The molecule has 0 radical (unpaired) electrons. The van der Waals surface area contributed by atoms with Gasteiger partial charge >= 0.3 is 0 Å². The van der Waals surface area contributed by atoms with Gasteiger partial charge in [-0.1, -0.05) is 24.3 Å². The predicted molar refractivity (Wildman–Crippen MR) is 63.9 cm³/mol. The fraction of sp³-hybridized carbons (Fsp3) is 0.385. The highest BCUT2D eigenvalue weighted by Gasteiger charge is 1.79. The summed E-state index contributed by atoms with van der Waals surface area (Å²) in [5.41, 5.74) is 0. The summed E-state index contributed by atoms with van der Waals surface area (Å²) >= 11 is 0. The topological polar surface area (TPSA) is 0 Å². The fourth-order valence-corrected chi connectivity index (χ4v) is 0.695. The smallest absolute Gasteiger partial charge is 0.0175 e. The van der Waals surface area contributed by atoms with Crippen molar-refractivity contribution < 1.29 is 0 Å². The van der Waals surface area contributed by atoms with Crippen LogP contribution in [-0.4, -0.2) is 0 Å². The molecule has 13 heavy (non-hydrogen) atoms. The SMILES string of the molecule is C=CCC=C.C=CCCCCC=C. The average Bonchev–Trinajstić information content (AvgIpc) is 2.15. The molecule has 0 bridgehead atoms. The zero-order valence-corrected chi connectivity index (χ0v) is 8.67. The lowest BCUT2D eigenvalue weighted by Crippen LogP contribution is -1.69. The number of allylic oxidation sites excluding steroid dienone is 4. The van der Waals surface area contributed by atoms with Crippen LogP contribution in [0, 0.1) is 0 Å². The molecule has 0 heterocycles. The molecule has 0 aromatic heterocycles. The summed E-state index contributed by atoms with van der Waals surface area (Å²) in [6.45, 7) is 14.2. The van der Waals surface area contributed by atoms with Crippen molar-refractivity contribution in [3.05, 3.63) is 50.6 Å². The van der Waals surface area contributed by atoms with E-state index in [1.807, 2.05) is 24.3 Å². The molecule has 0 nitrogen and oxygen atoms in total. The second-order valence-corrected chi connectivity index (χ2v) is 2.67. The molecule has 0 aliphatic carbocycles. The molecule has 0 saturated carbocycles. The summed E-state index contributed by atoms with van der Waals surface area (Å²) in [5.74, 6) is 0. The maximum absolute atomic E-state index is 3.63. The third kappa shape index (κ3) is 24.8. The van der Waals surface area contributed by atoms with E-state index in [0.717, 1.165) is 19.3 Å². The summed E-state index contributed by atoms with van der Waals surface area (Å²) < 4.78 is 0. The van der Waals surface area contributed by atoms with Crippen molar-refractivity contribution in [3.63, 3.8) is 0 Å². The van der Waals surface area contributed by atoms with Gasteiger partial charge in [-0.3, -0.25) is 0 Å². The largest absolute Gasteiger partial charge is 0.103 e. The van der Waals surface area contributed by atoms with Gasteiger partial charge in [-0.25, -0.2) is 0 Å². The van der Waals surface area contributed by atoms with Gasteiger partial charge in [-0.15, -0.1) is 26.3 Å². The van der Waals surface area contributed by atoms with Crippen LogP contribution in [0.25, 0.3) is 0 Å². The molecule has 0 fully saturated rings. The zero-order valence-electron chi connectivity index (χ0n) is 8.67. The van der Waals surface area contributed by atoms with Gasteiger partial charge in [-0.05, 0) is 32.1 Å². The highest BCUT2D eigenvalue weighted by Crippen LogP contribution is 1.99. The minimum absolute atomic E-state index is 0.917. The van der Waals surface area contributed by atoms with Crippen LogP contribution in [-0.2, 0) is 0 Å². The summed E-state index contributed by atoms with van der Waals surface area (Å²) in [4.78, 5) is 0. The van der Waals surface area contributed by atoms with Gasteiger partial charge < -0.3 is 0 Å². The summed E-state index contributed by atoms with van der Waals surface area (Å²) in [6.07, 6.45) is 13.3. The second kappa shape index (κ2) is 17.2. The number of rotatable bonds is 7. The van der Waals surface area contributed by atoms with Crippen LogP contribution in [0.2, 0.25) is 0 Å². The van der Waals surface area contributed by atoms with Gasteiger partial charge in [0.1, 0.15) is 0 Å². The van der Waals surface area contributed by atoms with Crippen LogP contribution in [0.4, 0.5) is 0 Å². The molecule has 0 unspecified atom stereocenters. The van der Waals surface area contributed by atoms with Crippen LogP contribution in [0.1, 0.15) is 32.1 Å². The molecule has 0 aromatic rings. The second-order valence-electron chi connectivity index (χ2n) is 2.67. The molecule has 0 spiro atoms. The summed E-state index contributed by atoms with van der Waals surface area (Å²) in [5, 5.41) is 0. The Labute approximate surface area is 83.4 Å². The van der Waals surface area contributed by atoms with Crippen LogP contribution in [0.15, 0.2) is 50.6 Å². The van der Waals surface area contributed by atoms with Crippen LogP contribution in [0.3, 0.4) is 0 Å². The first-order chi connectivity index (χ1) is 6.33. The molecule has 74 valence electrons. The van der Waals surface area contributed by atoms with E-state index in [0.29, 0.717) is 0 Å². The first-order valence-corrected chi connectivity index (χ1v) is 4.77. The Bertz CT molecular complexity index is 115. The van der Waals surface area contributed by atoms with Crippen molar-refractivity contribution in [2.24, 2.45) is 0 Å². The van der Waals surface area contributed by atoms with Gasteiger partial charge in [0.05, 0.1) is 0 Å².